The molecule has 0 spiro atoms. The van der Waals surface area contributed by atoms with Crippen LogP contribution in [-0.2, 0) is 4.74 Å². The lowest BCUT2D eigenvalue weighted by Gasteiger charge is -2.10. The van der Waals surface area contributed by atoms with E-state index in [1.165, 1.54) is 6.42 Å². The first-order valence-electron chi connectivity index (χ1n) is 4.59. The van der Waals surface area contributed by atoms with Gasteiger partial charge >= 0.3 is 0 Å². The van der Waals surface area contributed by atoms with Crippen LogP contribution in [0.1, 0.15) is 38.5 Å². The fraction of sp³-hybridized carbons (Fsp3) is 0.600. The molecule has 1 aromatic heterocycles. The van der Waals surface area contributed by atoms with Crippen LogP contribution in [0, 0.1) is 0 Å². The molecule has 12 heavy (non-hydrogen) atoms. The van der Waals surface area contributed by atoms with Crippen LogP contribution in [0.5, 0.6) is 0 Å². The molecule has 1 unspecified atom stereocenters. The van der Waals surface area contributed by atoms with Crippen LogP contribution in [-0.4, -0.2) is 11.6 Å². The minimum absolute atomic E-state index is 0.201. The molecule has 2 heteroatoms. The lowest BCUT2D eigenvalue weighted by atomic mass is 10.3. The van der Waals surface area contributed by atoms with Crippen LogP contribution in [0.4, 0.5) is 0 Å². The van der Waals surface area contributed by atoms with Crippen LogP contribution in [0.3, 0.4) is 0 Å². The van der Waals surface area contributed by atoms with Crippen LogP contribution in [0.15, 0.2) is 18.3 Å². The lowest BCUT2D eigenvalue weighted by Crippen LogP contribution is -2.01. The van der Waals surface area contributed by atoms with Gasteiger partial charge in [-0.2, -0.15) is 0 Å². The summed E-state index contributed by atoms with van der Waals surface area (Å²) in [5.41, 5.74) is 1.16. The molecule has 0 bridgehead atoms. The molecule has 0 aliphatic heterocycles. The van der Waals surface area contributed by atoms with Crippen molar-refractivity contribution in [3.8, 4) is 0 Å². The molecule has 0 saturated heterocycles. The molecule has 0 aliphatic carbocycles. The summed E-state index contributed by atoms with van der Waals surface area (Å²) < 4.78 is 5.60. The van der Waals surface area contributed by atoms with Gasteiger partial charge in [0.05, 0.1) is 6.10 Å². The fourth-order valence-corrected chi connectivity index (χ4v) is 1.09. The van der Waals surface area contributed by atoms with Crippen LogP contribution in [0.2, 0.25) is 0 Å². The van der Waals surface area contributed by atoms with E-state index >= 15 is 0 Å². The summed E-state index contributed by atoms with van der Waals surface area (Å²) in [4.78, 5) is 3.14. The van der Waals surface area contributed by atoms with Crippen LogP contribution in [0.25, 0.3) is 0 Å². The standard InChI is InChI=1S/C10H17NO/c1-3-4-8-12-9(2)10-6-5-7-11-10/h5-7,9,11H,3-4,8H2,1-2H3. The quantitative estimate of drug-likeness (QED) is 0.670. The molecule has 0 saturated carbocycles. The molecule has 68 valence electrons. The van der Waals surface area contributed by atoms with Crippen molar-refractivity contribution in [2.75, 3.05) is 6.61 Å². The van der Waals surface area contributed by atoms with Gasteiger partial charge in [0, 0.05) is 18.5 Å². The van der Waals surface area contributed by atoms with Crippen molar-refractivity contribution in [2.45, 2.75) is 32.8 Å². The maximum atomic E-state index is 5.60. The number of rotatable bonds is 5. The van der Waals surface area contributed by atoms with Gasteiger partial charge in [-0.25, -0.2) is 0 Å². The molecule has 1 aromatic rings. The van der Waals surface area contributed by atoms with E-state index in [1.54, 1.807) is 0 Å². The number of hydrogen-bond donors (Lipinski definition) is 1. The van der Waals surface area contributed by atoms with E-state index in [-0.39, 0.29) is 6.10 Å². The third-order valence-electron chi connectivity index (χ3n) is 1.93. The van der Waals surface area contributed by atoms with Gasteiger partial charge in [0.2, 0.25) is 0 Å². The Morgan fingerprint density at radius 2 is 2.42 bits per heavy atom. The van der Waals surface area contributed by atoms with Gasteiger partial charge in [-0.1, -0.05) is 13.3 Å². The van der Waals surface area contributed by atoms with Gasteiger partial charge in [0.15, 0.2) is 0 Å². The number of ether oxygens (including phenoxy) is 1. The van der Waals surface area contributed by atoms with E-state index in [0.29, 0.717) is 0 Å². The van der Waals surface area contributed by atoms with E-state index in [0.717, 1.165) is 18.7 Å². The molecule has 1 N–H and O–H groups in total. The second-order valence-corrected chi connectivity index (χ2v) is 2.99. The first-order valence-corrected chi connectivity index (χ1v) is 4.59. The number of nitrogens with one attached hydrogen (secondary N) is 1. The molecule has 0 aromatic carbocycles. The van der Waals surface area contributed by atoms with Crippen LogP contribution >= 0.6 is 0 Å². The number of H-pyrrole nitrogens is 1. The Kier molecular flexibility index (Phi) is 3.88. The molecule has 1 heterocycles. The minimum atomic E-state index is 0.201. The number of aromatic amines is 1. The summed E-state index contributed by atoms with van der Waals surface area (Å²) >= 11 is 0. The first-order chi connectivity index (χ1) is 5.84. The van der Waals surface area contributed by atoms with Crippen molar-refractivity contribution in [1.82, 2.24) is 4.98 Å². The second kappa shape index (κ2) is 4.99. The highest BCUT2D eigenvalue weighted by Crippen LogP contribution is 2.13. The Hall–Kier alpha value is -0.760. The summed E-state index contributed by atoms with van der Waals surface area (Å²) in [5, 5.41) is 0. The Morgan fingerprint density at radius 1 is 1.58 bits per heavy atom. The van der Waals surface area contributed by atoms with Crippen molar-refractivity contribution in [2.24, 2.45) is 0 Å². The second-order valence-electron chi connectivity index (χ2n) is 2.99. The average Bonchev–Trinajstić information content (AvgIpc) is 2.56. The van der Waals surface area contributed by atoms with Gasteiger partial charge in [-0.15, -0.1) is 0 Å². The topological polar surface area (TPSA) is 25.0 Å². The molecule has 0 fully saturated rings. The van der Waals surface area contributed by atoms with E-state index in [2.05, 4.69) is 24.9 Å². The third kappa shape index (κ3) is 2.70. The molecule has 1 atom stereocenters. The molecular weight excluding hydrogens is 150 g/mol. The monoisotopic (exact) mass is 167 g/mol. The Balaban J connectivity index is 2.25. The maximum Gasteiger partial charge on any atom is 0.0944 e. The number of unbranched alkanes of at least 4 members (excludes halogenated alkanes) is 1. The lowest BCUT2D eigenvalue weighted by molar-refractivity contribution is 0.0612. The van der Waals surface area contributed by atoms with E-state index in [1.807, 2.05) is 12.3 Å². The highest BCUT2D eigenvalue weighted by atomic mass is 16.5. The highest BCUT2D eigenvalue weighted by Gasteiger charge is 2.04. The van der Waals surface area contributed by atoms with E-state index < -0.39 is 0 Å². The Bertz CT molecular complexity index is 194. The first kappa shape index (κ1) is 9.33. The highest BCUT2D eigenvalue weighted by molar-refractivity contribution is 5.06. The van der Waals surface area contributed by atoms with Crippen molar-refractivity contribution >= 4 is 0 Å². The van der Waals surface area contributed by atoms with Gasteiger partial charge in [-0.05, 0) is 25.5 Å². The summed E-state index contributed by atoms with van der Waals surface area (Å²) in [5.74, 6) is 0. The maximum absolute atomic E-state index is 5.60. The number of aromatic nitrogens is 1. The zero-order chi connectivity index (χ0) is 8.81. The van der Waals surface area contributed by atoms with Crippen molar-refractivity contribution in [1.29, 1.82) is 0 Å². The minimum Gasteiger partial charge on any atom is -0.372 e. The summed E-state index contributed by atoms with van der Waals surface area (Å²) in [6.45, 7) is 5.10. The molecule has 1 rings (SSSR count). The zero-order valence-corrected chi connectivity index (χ0v) is 7.84. The summed E-state index contributed by atoms with van der Waals surface area (Å²) in [7, 11) is 0. The normalized spacial score (nSPS) is 13.2. The smallest absolute Gasteiger partial charge is 0.0944 e. The SMILES string of the molecule is CCCCOC(C)c1ccc[nH]1. The van der Waals surface area contributed by atoms with Gasteiger partial charge in [0.25, 0.3) is 0 Å². The summed E-state index contributed by atoms with van der Waals surface area (Å²) in [6, 6.07) is 4.05. The Labute approximate surface area is 73.9 Å². The molecule has 2 nitrogen and oxygen atoms in total. The van der Waals surface area contributed by atoms with Gasteiger partial charge in [-0.3, -0.25) is 0 Å². The summed E-state index contributed by atoms with van der Waals surface area (Å²) in [6.07, 6.45) is 4.46. The fourth-order valence-electron chi connectivity index (χ4n) is 1.09. The predicted octanol–water partition coefficient (Wildman–Crippen LogP) is 2.89. The molecule has 0 amide bonds. The van der Waals surface area contributed by atoms with E-state index in [4.69, 9.17) is 4.74 Å². The zero-order valence-electron chi connectivity index (χ0n) is 7.84. The molecular formula is C10H17NO. The average molecular weight is 167 g/mol. The molecule has 0 aliphatic rings. The Morgan fingerprint density at radius 3 is 3.00 bits per heavy atom. The van der Waals surface area contributed by atoms with Crippen LogP contribution < -0.4 is 0 Å². The van der Waals surface area contributed by atoms with Crippen molar-refractivity contribution in [3.05, 3.63) is 24.0 Å². The molecule has 0 radical (unpaired) electrons. The van der Waals surface area contributed by atoms with Gasteiger partial charge < -0.3 is 9.72 Å². The van der Waals surface area contributed by atoms with E-state index in [9.17, 15) is 0 Å². The largest absolute Gasteiger partial charge is 0.372 e. The van der Waals surface area contributed by atoms with Crippen molar-refractivity contribution in [3.63, 3.8) is 0 Å². The predicted molar refractivity (Wildman–Crippen MR) is 50.1 cm³/mol. The number of hydrogen-bond acceptors (Lipinski definition) is 1. The third-order valence-corrected chi connectivity index (χ3v) is 1.93. The van der Waals surface area contributed by atoms with Crippen molar-refractivity contribution < 1.29 is 4.74 Å². The van der Waals surface area contributed by atoms with Gasteiger partial charge in [0.1, 0.15) is 0 Å².